The second-order valence-electron chi connectivity index (χ2n) is 5.18. The maximum atomic E-state index is 13.4. The molecule has 3 rings (SSSR count). The summed E-state index contributed by atoms with van der Waals surface area (Å²) in [7, 11) is 0. The van der Waals surface area contributed by atoms with Crippen LogP contribution >= 0.6 is 0 Å². The Kier molecular flexibility index (Phi) is 3.75. The van der Waals surface area contributed by atoms with Gasteiger partial charge in [-0.15, -0.1) is 0 Å². The third-order valence-corrected chi connectivity index (χ3v) is 3.69. The largest absolute Gasteiger partial charge is 0.456 e. The Labute approximate surface area is 122 Å². The van der Waals surface area contributed by atoms with Gasteiger partial charge in [0, 0.05) is 19.6 Å². The zero-order valence-corrected chi connectivity index (χ0v) is 11.8. The maximum absolute atomic E-state index is 13.4. The lowest BCUT2D eigenvalue weighted by Crippen LogP contribution is -2.48. The van der Waals surface area contributed by atoms with Crippen molar-refractivity contribution in [1.82, 2.24) is 10.2 Å². The summed E-state index contributed by atoms with van der Waals surface area (Å²) in [5.74, 6) is 0.588. The van der Waals surface area contributed by atoms with E-state index < -0.39 is 0 Å². The van der Waals surface area contributed by atoms with Gasteiger partial charge in [-0.2, -0.15) is 0 Å². The van der Waals surface area contributed by atoms with E-state index in [0.717, 1.165) is 12.1 Å². The van der Waals surface area contributed by atoms with Gasteiger partial charge in [0.2, 0.25) is 0 Å². The Bertz CT molecular complexity index is 653. The van der Waals surface area contributed by atoms with Crippen molar-refractivity contribution in [2.75, 3.05) is 19.6 Å². The number of halogens is 1. The Hall–Kier alpha value is -2.14. The summed E-state index contributed by atoms with van der Waals surface area (Å²) in [5.41, 5.74) is 0.791. The normalized spacial score (nSPS) is 18.8. The first-order chi connectivity index (χ1) is 10.1. The van der Waals surface area contributed by atoms with Gasteiger partial charge in [-0.25, -0.2) is 4.39 Å². The van der Waals surface area contributed by atoms with E-state index in [4.69, 9.17) is 4.42 Å². The van der Waals surface area contributed by atoms with Crippen molar-refractivity contribution in [1.29, 1.82) is 0 Å². The average molecular weight is 288 g/mol. The van der Waals surface area contributed by atoms with Crippen LogP contribution in [-0.4, -0.2) is 30.4 Å². The third-order valence-electron chi connectivity index (χ3n) is 3.69. The summed E-state index contributed by atoms with van der Waals surface area (Å²) in [6.07, 6.45) is 0. The van der Waals surface area contributed by atoms with Gasteiger partial charge in [0.15, 0.2) is 5.76 Å². The monoisotopic (exact) mass is 288 g/mol. The standard InChI is InChI=1S/C16H17FN2O2/c1-11-5-6-15(21-11)16(20)19-8-7-18-10-14(19)12-3-2-4-13(17)9-12/h2-6,9,14,18H,7-8,10H2,1H3. The summed E-state index contributed by atoms with van der Waals surface area (Å²) in [4.78, 5) is 14.3. The minimum Gasteiger partial charge on any atom is -0.456 e. The highest BCUT2D eigenvalue weighted by Crippen LogP contribution is 2.25. The van der Waals surface area contributed by atoms with Crippen molar-refractivity contribution in [3.63, 3.8) is 0 Å². The second-order valence-corrected chi connectivity index (χ2v) is 5.18. The van der Waals surface area contributed by atoms with E-state index in [0.29, 0.717) is 24.6 Å². The smallest absolute Gasteiger partial charge is 0.290 e. The van der Waals surface area contributed by atoms with Gasteiger partial charge in [-0.3, -0.25) is 4.79 Å². The van der Waals surface area contributed by atoms with Gasteiger partial charge >= 0.3 is 0 Å². The molecule has 0 aliphatic carbocycles. The Morgan fingerprint density at radius 1 is 1.38 bits per heavy atom. The van der Waals surface area contributed by atoms with Crippen LogP contribution in [-0.2, 0) is 0 Å². The van der Waals surface area contributed by atoms with Crippen LogP contribution < -0.4 is 5.32 Å². The zero-order chi connectivity index (χ0) is 14.8. The first-order valence-corrected chi connectivity index (χ1v) is 6.99. The van der Waals surface area contributed by atoms with Crippen molar-refractivity contribution < 1.29 is 13.6 Å². The van der Waals surface area contributed by atoms with Gasteiger partial charge in [0.1, 0.15) is 11.6 Å². The molecule has 1 aliphatic rings. The van der Waals surface area contributed by atoms with Gasteiger partial charge < -0.3 is 14.6 Å². The van der Waals surface area contributed by atoms with Crippen LogP contribution in [0.15, 0.2) is 40.8 Å². The Morgan fingerprint density at radius 2 is 2.24 bits per heavy atom. The highest BCUT2D eigenvalue weighted by Gasteiger charge is 2.30. The predicted octanol–water partition coefficient (Wildman–Crippen LogP) is 2.51. The number of carbonyl (C=O) groups excluding carboxylic acids is 1. The minimum atomic E-state index is -0.292. The minimum absolute atomic E-state index is 0.154. The molecule has 0 bridgehead atoms. The topological polar surface area (TPSA) is 45.5 Å². The van der Waals surface area contributed by atoms with Crippen molar-refractivity contribution in [2.45, 2.75) is 13.0 Å². The molecule has 5 heteroatoms. The lowest BCUT2D eigenvalue weighted by molar-refractivity contribution is 0.0600. The summed E-state index contributed by atoms with van der Waals surface area (Å²) in [5, 5.41) is 3.25. The first kappa shape index (κ1) is 13.8. The molecule has 1 amide bonds. The van der Waals surface area contributed by atoms with Crippen LogP contribution in [0.5, 0.6) is 0 Å². The number of nitrogens with zero attached hydrogens (tertiary/aromatic N) is 1. The number of amides is 1. The molecule has 1 fully saturated rings. The number of rotatable bonds is 2. The van der Waals surface area contributed by atoms with E-state index in [2.05, 4.69) is 5.32 Å². The molecule has 1 aromatic carbocycles. The number of benzene rings is 1. The summed E-state index contributed by atoms with van der Waals surface area (Å²) < 4.78 is 18.9. The fraction of sp³-hybridized carbons (Fsp3) is 0.312. The third kappa shape index (κ3) is 2.83. The average Bonchev–Trinajstić information content (AvgIpc) is 2.93. The highest BCUT2D eigenvalue weighted by atomic mass is 19.1. The van der Waals surface area contributed by atoms with Crippen molar-refractivity contribution in [3.8, 4) is 0 Å². The number of hydrogen-bond acceptors (Lipinski definition) is 3. The zero-order valence-electron chi connectivity index (χ0n) is 11.8. The van der Waals surface area contributed by atoms with E-state index >= 15 is 0 Å². The molecule has 2 aromatic rings. The SMILES string of the molecule is Cc1ccc(C(=O)N2CCNCC2c2cccc(F)c2)o1. The fourth-order valence-corrected chi connectivity index (χ4v) is 2.65. The number of aryl methyl sites for hydroxylation is 1. The molecule has 4 nitrogen and oxygen atoms in total. The van der Waals surface area contributed by atoms with Crippen LogP contribution in [0.25, 0.3) is 0 Å². The first-order valence-electron chi connectivity index (χ1n) is 6.99. The van der Waals surface area contributed by atoms with Gasteiger partial charge in [-0.05, 0) is 36.8 Å². The van der Waals surface area contributed by atoms with Gasteiger partial charge in [0.25, 0.3) is 5.91 Å². The lowest BCUT2D eigenvalue weighted by Gasteiger charge is -2.36. The predicted molar refractivity (Wildman–Crippen MR) is 76.5 cm³/mol. The maximum Gasteiger partial charge on any atom is 0.290 e. The molecule has 1 atom stereocenters. The molecule has 0 radical (unpaired) electrons. The van der Waals surface area contributed by atoms with Crippen LogP contribution in [0.1, 0.15) is 27.9 Å². The van der Waals surface area contributed by atoms with E-state index in [1.54, 1.807) is 30.0 Å². The van der Waals surface area contributed by atoms with Crippen LogP contribution in [0.3, 0.4) is 0 Å². The summed E-state index contributed by atoms with van der Waals surface area (Å²) >= 11 is 0. The molecule has 1 aromatic heterocycles. The van der Waals surface area contributed by atoms with Crippen LogP contribution in [0, 0.1) is 12.7 Å². The molecule has 110 valence electrons. The highest BCUT2D eigenvalue weighted by molar-refractivity contribution is 5.92. The summed E-state index contributed by atoms with van der Waals surface area (Å²) in [6, 6.07) is 9.66. The van der Waals surface area contributed by atoms with Crippen molar-refractivity contribution >= 4 is 5.91 Å². The van der Waals surface area contributed by atoms with Crippen molar-refractivity contribution in [3.05, 3.63) is 59.3 Å². The molecular weight excluding hydrogens is 271 g/mol. The molecule has 1 saturated heterocycles. The molecule has 1 unspecified atom stereocenters. The Morgan fingerprint density at radius 3 is 2.95 bits per heavy atom. The Balaban J connectivity index is 1.89. The number of hydrogen-bond donors (Lipinski definition) is 1. The number of piperazine rings is 1. The molecule has 1 aliphatic heterocycles. The quantitative estimate of drug-likeness (QED) is 0.923. The van der Waals surface area contributed by atoms with Crippen molar-refractivity contribution in [2.24, 2.45) is 0 Å². The number of furan rings is 1. The molecule has 0 saturated carbocycles. The molecule has 0 spiro atoms. The van der Waals surface area contributed by atoms with Crippen LogP contribution in [0.4, 0.5) is 4.39 Å². The van der Waals surface area contributed by atoms with E-state index in [-0.39, 0.29) is 17.8 Å². The van der Waals surface area contributed by atoms with Gasteiger partial charge in [0.05, 0.1) is 6.04 Å². The number of carbonyl (C=O) groups is 1. The molecule has 1 N–H and O–H groups in total. The van der Waals surface area contributed by atoms with E-state index in [1.807, 2.05) is 6.07 Å². The fourth-order valence-electron chi connectivity index (χ4n) is 2.65. The second kappa shape index (κ2) is 5.69. The number of nitrogens with one attached hydrogen (secondary N) is 1. The van der Waals surface area contributed by atoms with Crippen LogP contribution in [0.2, 0.25) is 0 Å². The molecule has 2 heterocycles. The van der Waals surface area contributed by atoms with Gasteiger partial charge in [-0.1, -0.05) is 12.1 Å². The lowest BCUT2D eigenvalue weighted by atomic mass is 10.0. The summed E-state index contributed by atoms with van der Waals surface area (Å²) in [6.45, 7) is 3.70. The molecule has 21 heavy (non-hydrogen) atoms. The molecular formula is C16H17FN2O2. The van der Waals surface area contributed by atoms with E-state index in [9.17, 15) is 9.18 Å². The van der Waals surface area contributed by atoms with E-state index in [1.165, 1.54) is 12.1 Å².